The molecule has 2 aromatic rings. The number of halogens is 1. The minimum absolute atomic E-state index is 0.0101. The highest BCUT2D eigenvalue weighted by atomic mass is 32.2. The fourth-order valence-corrected chi connectivity index (χ4v) is 7.32. The molecule has 0 radical (unpaired) electrons. The van der Waals surface area contributed by atoms with Gasteiger partial charge in [0.1, 0.15) is 17.2 Å². The molecule has 0 spiro atoms. The van der Waals surface area contributed by atoms with Crippen molar-refractivity contribution in [1.82, 2.24) is 9.21 Å². The summed E-state index contributed by atoms with van der Waals surface area (Å²) in [5.41, 5.74) is 1.88. The number of benzene rings is 2. The van der Waals surface area contributed by atoms with Gasteiger partial charge in [-0.25, -0.2) is 12.8 Å². The van der Waals surface area contributed by atoms with Gasteiger partial charge in [0.25, 0.3) is 5.91 Å². The van der Waals surface area contributed by atoms with Gasteiger partial charge in [-0.3, -0.25) is 4.79 Å². The molecule has 196 valence electrons. The maximum Gasteiger partial charge on any atom is 0.251 e. The molecule has 4 rings (SSSR count). The topological polar surface area (TPSA) is 70.2 Å². The summed E-state index contributed by atoms with van der Waals surface area (Å²) in [7, 11) is -2.11. The number of anilines is 1. The van der Waals surface area contributed by atoms with Gasteiger partial charge in [-0.1, -0.05) is 36.4 Å². The van der Waals surface area contributed by atoms with Crippen LogP contribution >= 0.6 is 0 Å². The van der Waals surface area contributed by atoms with Crippen LogP contribution in [0.4, 0.5) is 10.1 Å². The van der Waals surface area contributed by atoms with Crippen molar-refractivity contribution in [2.45, 2.75) is 57.1 Å². The van der Waals surface area contributed by atoms with Crippen LogP contribution < -0.4 is 4.90 Å². The molecule has 9 heteroatoms. The first-order chi connectivity index (χ1) is 17.2. The van der Waals surface area contributed by atoms with Gasteiger partial charge in [0.15, 0.2) is 0 Å². The van der Waals surface area contributed by atoms with E-state index in [-0.39, 0.29) is 18.5 Å². The zero-order valence-electron chi connectivity index (χ0n) is 21.3. The highest BCUT2D eigenvalue weighted by Gasteiger charge is 2.40. The first kappa shape index (κ1) is 26.6. The van der Waals surface area contributed by atoms with Gasteiger partial charge in [-0.15, -0.1) is 0 Å². The lowest BCUT2D eigenvalue weighted by Crippen LogP contribution is -2.44. The van der Waals surface area contributed by atoms with E-state index in [1.54, 1.807) is 17.9 Å². The molecular weight excluding hydrogens is 481 g/mol. The van der Waals surface area contributed by atoms with Gasteiger partial charge in [-0.2, -0.15) is 4.31 Å². The Morgan fingerprint density at radius 3 is 2.53 bits per heavy atom. The van der Waals surface area contributed by atoms with Crippen molar-refractivity contribution < 1.29 is 22.3 Å². The van der Waals surface area contributed by atoms with Crippen LogP contribution in [0.2, 0.25) is 0 Å². The molecule has 2 aliphatic heterocycles. The van der Waals surface area contributed by atoms with E-state index in [2.05, 4.69) is 4.90 Å². The summed E-state index contributed by atoms with van der Waals surface area (Å²) in [5, 5.41) is -0.610. The van der Waals surface area contributed by atoms with Crippen LogP contribution in [0.15, 0.2) is 48.5 Å². The van der Waals surface area contributed by atoms with Gasteiger partial charge >= 0.3 is 0 Å². The molecule has 0 aliphatic carbocycles. The Balaban J connectivity index is 1.48. The van der Waals surface area contributed by atoms with Gasteiger partial charge < -0.3 is 14.5 Å². The minimum atomic E-state index is -3.63. The zero-order valence-corrected chi connectivity index (χ0v) is 22.1. The maximum absolute atomic E-state index is 15.3. The van der Waals surface area contributed by atoms with E-state index >= 15 is 4.39 Å². The van der Waals surface area contributed by atoms with Crippen molar-refractivity contribution in [2.24, 2.45) is 0 Å². The van der Waals surface area contributed by atoms with E-state index in [9.17, 15) is 13.2 Å². The number of carbonyl (C=O) groups is 1. The second kappa shape index (κ2) is 11.3. The molecule has 1 amide bonds. The smallest absolute Gasteiger partial charge is 0.251 e. The lowest BCUT2D eigenvalue weighted by Gasteiger charge is -2.37. The standard InChI is InChI=1S/C27H36FN3O4S/c1-20-10-13-26(22-8-5-4-6-9-22)36(33,34)31(20)19-23-11-12-24(18-25(23)28)29-14-7-15-30(17-16-29)27(32)21(2)35-3/h4-6,8-9,11-12,18,20-21,26H,7,10,13-17,19H2,1-3H3/t20-,21?,26?/m0/s1. The van der Waals surface area contributed by atoms with Crippen LogP contribution in [0.5, 0.6) is 0 Å². The monoisotopic (exact) mass is 517 g/mol. The van der Waals surface area contributed by atoms with Crippen molar-refractivity contribution >= 4 is 21.6 Å². The van der Waals surface area contributed by atoms with E-state index in [0.717, 1.165) is 24.1 Å². The number of rotatable bonds is 6. The number of ether oxygens (including phenoxy) is 1. The predicted molar refractivity (Wildman–Crippen MR) is 139 cm³/mol. The van der Waals surface area contributed by atoms with Crippen molar-refractivity contribution in [3.63, 3.8) is 0 Å². The van der Waals surface area contributed by atoms with E-state index in [1.165, 1.54) is 17.5 Å². The van der Waals surface area contributed by atoms with Crippen molar-refractivity contribution in [2.75, 3.05) is 38.2 Å². The Labute approximate surface area is 213 Å². The summed E-state index contributed by atoms with van der Waals surface area (Å²) in [6.07, 6.45) is 1.57. The van der Waals surface area contributed by atoms with Gasteiger partial charge in [0.2, 0.25) is 10.0 Å². The number of hydrogen-bond acceptors (Lipinski definition) is 5. The Morgan fingerprint density at radius 1 is 1.08 bits per heavy atom. The Hall–Kier alpha value is -2.49. The second-order valence-electron chi connectivity index (χ2n) is 9.74. The third kappa shape index (κ3) is 5.58. The van der Waals surface area contributed by atoms with Crippen molar-refractivity contribution in [1.29, 1.82) is 0 Å². The molecule has 0 bridgehead atoms. The molecule has 3 atom stereocenters. The molecule has 2 aromatic carbocycles. The Kier molecular flexibility index (Phi) is 8.32. The number of amides is 1. The summed E-state index contributed by atoms with van der Waals surface area (Å²) in [6, 6.07) is 14.1. The second-order valence-corrected chi connectivity index (χ2v) is 11.8. The average molecular weight is 518 g/mol. The summed E-state index contributed by atoms with van der Waals surface area (Å²) in [5.74, 6) is -0.450. The molecule has 0 N–H and O–H groups in total. The molecular formula is C27H36FN3O4S. The molecule has 0 aromatic heterocycles. The first-order valence-corrected chi connectivity index (χ1v) is 14.1. The van der Waals surface area contributed by atoms with Crippen molar-refractivity contribution in [3.05, 3.63) is 65.5 Å². The van der Waals surface area contributed by atoms with Crippen LogP contribution in [-0.2, 0) is 26.1 Å². The zero-order chi connectivity index (χ0) is 25.9. The SMILES string of the molecule is COC(C)C(=O)N1CCCN(c2ccc(CN3[C@@H](C)CCC(c4ccccc4)S3(=O)=O)c(F)c2)CC1. The average Bonchev–Trinajstić information content (AvgIpc) is 3.13. The highest BCUT2D eigenvalue weighted by Crippen LogP contribution is 2.38. The maximum atomic E-state index is 15.3. The third-order valence-corrected chi connectivity index (χ3v) is 9.80. The first-order valence-electron chi connectivity index (χ1n) is 12.6. The normalized spacial score (nSPS) is 23.8. The Bertz CT molecular complexity index is 1160. The highest BCUT2D eigenvalue weighted by molar-refractivity contribution is 7.89. The molecule has 2 fully saturated rings. The van der Waals surface area contributed by atoms with Crippen molar-refractivity contribution in [3.8, 4) is 0 Å². The molecule has 2 aliphatic rings. The van der Waals surface area contributed by atoms with Crippen LogP contribution in [0.1, 0.15) is 49.5 Å². The molecule has 36 heavy (non-hydrogen) atoms. The summed E-state index contributed by atoms with van der Waals surface area (Å²) in [4.78, 5) is 16.3. The summed E-state index contributed by atoms with van der Waals surface area (Å²) >= 11 is 0. The van der Waals surface area contributed by atoms with E-state index < -0.39 is 27.2 Å². The van der Waals surface area contributed by atoms with Gasteiger partial charge in [0.05, 0.1) is 0 Å². The number of nitrogens with zero attached hydrogens (tertiary/aromatic N) is 3. The minimum Gasteiger partial charge on any atom is -0.372 e. The van der Waals surface area contributed by atoms with Crippen LogP contribution in [-0.4, -0.2) is 69.0 Å². The number of hydrogen-bond donors (Lipinski definition) is 0. The molecule has 2 unspecified atom stereocenters. The van der Waals surface area contributed by atoms with Gasteiger partial charge in [-0.05, 0) is 50.8 Å². The Morgan fingerprint density at radius 2 is 1.83 bits per heavy atom. The van der Waals surface area contributed by atoms with E-state index in [0.29, 0.717) is 38.2 Å². The fourth-order valence-electron chi connectivity index (χ4n) is 5.13. The van der Waals surface area contributed by atoms with E-state index in [1.807, 2.05) is 43.3 Å². The van der Waals surface area contributed by atoms with Gasteiger partial charge in [0, 0.05) is 57.1 Å². The summed E-state index contributed by atoms with van der Waals surface area (Å²) < 4.78 is 48.9. The molecule has 2 heterocycles. The van der Waals surface area contributed by atoms with E-state index in [4.69, 9.17) is 4.74 Å². The lowest BCUT2D eigenvalue weighted by atomic mass is 10.0. The van der Waals surface area contributed by atoms with Crippen LogP contribution in [0, 0.1) is 5.82 Å². The molecule has 7 nitrogen and oxygen atoms in total. The quantitative estimate of drug-likeness (QED) is 0.580. The predicted octanol–water partition coefficient (Wildman–Crippen LogP) is 3.95. The largest absolute Gasteiger partial charge is 0.372 e. The number of methoxy groups -OCH3 is 1. The van der Waals surface area contributed by atoms with Crippen LogP contribution in [0.3, 0.4) is 0 Å². The molecule has 2 saturated heterocycles. The lowest BCUT2D eigenvalue weighted by molar-refractivity contribution is -0.140. The third-order valence-electron chi connectivity index (χ3n) is 7.43. The molecule has 0 saturated carbocycles. The number of sulfonamides is 1. The fraction of sp³-hybridized carbons (Fsp3) is 0.519. The summed E-state index contributed by atoms with van der Waals surface area (Å²) in [6.45, 7) is 6.12. The number of carbonyl (C=O) groups excluding carboxylic acids is 1. The van der Waals surface area contributed by atoms with Crippen LogP contribution in [0.25, 0.3) is 0 Å².